The van der Waals surface area contributed by atoms with Crippen LogP contribution < -0.4 is 10.1 Å². The lowest BCUT2D eigenvalue weighted by molar-refractivity contribution is -0.132. The number of nitrogens with zero attached hydrogens (tertiary/aromatic N) is 4. The van der Waals surface area contributed by atoms with Gasteiger partial charge in [0, 0.05) is 5.56 Å². The van der Waals surface area contributed by atoms with Gasteiger partial charge in [0.2, 0.25) is 5.95 Å². The molecule has 0 radical (unpaired) electrons. The predicted octanol–water partition coefficient (Wildman–Crippen LogP) is 1.83. The van der Waals surface area contributed by atoms with E-state index < -0.39 is 12.0 Å². The van der Waals surface area contributed by atoms with Crippen molar-refractivity contribution < 1.29 is 14.6 Å². The van der Waals surface area contributed by atoms with Crippen LogP contribution in [0.3, 0.4) is 0 Å². The Bertz CT molecular complexity index is 755. The van der Waals surface area contributed by atoms with Gasteiger partial charge < -0.3 is 15.2 Å². The summed E-state index contributed by atoms with van der Waals surface area (Å²) in [7, 11) is 0. The van der Waals surface area contributed by atoms with Gasteiger partial charge in [-0.25, -0.2) is 4.79 Å². The van der Waals surface area contributed by atoms with E-state index in [1.807, 2.05) is 38.1 Å². The zero-order chi connectivity index (χ0) is 16.4. The second-order valence-corrected chi connectivity index (χ2v) is 5.28. The molecule has 1 aliphatic heterocycles. The lowest BCUT2D eigenvalue weighted by Gasteiger charge is -2.24. The number of rotatable bonds is 5. The number of aromatic nitrogens is 4. The third-order valence-electron chi connectivity index (χ3n) is 3.70. The molecule has 2 atom stereocenters. The van der Waals surface area contributed by atoms with Crippen molar-refractivity contribution in [3.05, 3.63) is 41.6 Å². The number of fused-ring (bicyclic) bond motifs is 1. The SMILES string of the molecule is CC[C@H](C)Oc1ccccc1[C@@H]1C=C(C(=O)O)Nc2nnnn21. The smallest absolute Gasteiger partial charge is 0.352 e. The zero-order valence-corrected chi connectivity index (χ0v) is 12.8. The number of aliphatic carboxylic acids is 1. The molecule has 1 aromatic carbocycles. The van der Waals surface area contributed by atoms with Crippen LogP contribution in [0.5, 0.6) is 5.75 Å². The maximum Gasteiger partial charge on any atom is 0.352 e. The second kappa shape index (κ2) is 6.07. The number of allylic oxidation sites excluding steroid dienone is 1. The molecule has 3 rings (SSSR count). The zero-order valence-electron chi connectivity index (χ0n) is 12.8. The fourth-order valence-electron chi connectivity index (χ4n) is 2.33. The maximum atomic E-state index is 11.3. The van der Waals surface area contributed by atoms with Crippen LogP contribution >= 0.6 is 0 Å². The monoisotopic (exact) mass is 315 g/mol. The fraction of sp³-hybridized carbons (Fsp3) is 0.333. The van der Waals surface area contributed by atoms with Gasteiger partial charge in [0.15, 0.2) is 0 Å². The summed E-state index contributed by atoms with van der Waals surface area (Å²) >= 11 is 0. The number of nitrogens with one attached hydrogen (secondary N) is 1. The highest BCUT2D eigenvalue weighted by molar-refractivity contribution is 5.90. The normalized spacial score (nSPS) is 17.7. The number of carboxylic acids is 1. The first-order chi connectivity index (χ1) is 11.1. The van der Waals surface area contributed by atoms with E-state index in [0.29, 0.717) is 5.75 Å². The van der Waals surface area contributed by atoms with Crippen LogP contribution in [0.15, 0.2) is 36.0 Å². The van der Waals surface area contributed by atoms with Crippen molar-refractivity contribution in [1.82, 2.24) is 20.2 Å². The number of carboxylic acid groups (broad SMARTS) is 1. The molecule has 0 saturated carbocycles. The number of benzene rings is 1. The Hall–Kier alpha value is -2.90. The number of carbonyl (C=O) groups is 1. The molecule has 23 heavy (non-hydrogen) atoms. The third-order valence-corrected chi connectivity index (χ3v) is 3.70. The molecule has 0 aliphatic carbocycles. The van der Waals surface area contributed by atoms with Gasteiger partial charge >= 0.3 is 5.97 Å². The first-order valence-corrected chi connectivity index (χ1v) is 7.35. The molecule has 2 N–H and O–H groups in total. The minimum atomic E-state index is -1.07. The van der Waals surface area contributed by atoms with Gasteiger partial charge in [0.05, 0.1) is 6.10 Å². The van der Waals surface area contributed by atoms with Crippen LogP contribution in [-0.2, 0) is 4.79 Å². The number of hydrogen-bond acceptors (Lipinski definition) is 6. The number of tetrazole rings is 1. The fourth-order valence-corrected chi connectivity index (χ4v) is 2.33. The highest BCUT2D eigenvalue weighted by Gasteiger charge is 2.28. The number of hydrogen-bond donors (Lipinski definition) is 2. The van der Waals surface area contributed by atoms with Crippen molar-refractivity contribution >= 4 is 11.9 Å². The van der Waals surface area contributed by atoms with Crippen molar-refractivity contribution in [2.75, 3.05) is 5.32 Å². The molecule has 0 spiro atoms. The van der Waals surface area contributed by atoms with Crippen LogP contribution in [0.2, 0.25) is 0 Å². The minimum Gasteiger partial charge on any atom is -0.490 e. The summed E-state index contributed by atoms with van der Waals surface area (Å²) in [6.07, 6.45) is 2.49. The van der Waals surface area contributed by atoms with Crippen molar-refractivity contribution in [1.29, 1.82) is 0 Å². The van der Waals surface area contributed by atoms with E-state index >= 15 is 0 Å². The average Bonchev–Trinajstić information content (AvgIpc) is 3.03. The molecule has 8 nitrogen and oxygen atoms in total. The Kier molecular flexibility index (Phi) is 3.96. The number of ether oxygens (including phenoxy) is 1. The average molecular weight is 315 g/mol. The van der Waals surface area contributed by atoms with Gasteiger partial charge in [-0.2, -0.15) is 4.68 Å². The molecule has 8 heteroatoms. The molecule has 0 unspecified atom stereocenters. The molecular formula is C15H17N5O3. The minimum absolute atomic E-state index is 0.0376. The Labute approximate surface area is 132 Å². The van der Waals surface area contributed by atoms with Crippen molar-refractivity contribution in [2.45, 2.75) is 32.4 Å². The van der Waals surface area contributed by atoms with Gasteiger partial charge in [-0.3, -0.25) is 0 Å². The van der Waals surface area contributed by atoms with Crippen molar-refractivity contribution in [3.63, 3.8) is 0 Å². The molecule has 1 aliphatic rings. The summed E-state index contributed by atoms with van der Waals surface area (Å²) in [6.45, 7) is 4.03. The lowest BCUT2D eigenvalue weighted by Crippen LogP contribution is -2.25. The van der Waals surface area contributed by atoms with Crippen LogP contribution in [-0.4, -0.2) is 37.4 Å². The lowest BCUT2D eigenvalue weighted by atomic mass is 10.0. The van der Waals surface area contributed by atoms with Gasteiger partial charge in [-0.1, -0.05) is 30.2 Å². The third kappa shape index (κ3) is 2.87. The topological polar surface area (TPSA) is 102 Å². The van der Waals surface area contributed by atoms with Gasteiger partial charge in [0.1, 0.15) is 17.5 Å². The highest BCUT2D eigenvalue weighted by Crippen LogP contribution is 2.34. The first-order valence-electron chi connectivity index (χ1n) is 7.35. The molecule has 0 saturated heterocycles. The van der Waals surface area contributed by atoms with E-state index in [2.05, 4.69) is 20.8 Å². The second-order valence-electron chi connectivity index (χ2n) is 5.28. The largest absolute Gasteiger partial charge is 0.490 e. The summed E-state index contributed by atoms with van der Waals surface area (Å²) in [6, 6.07) is 7.05. The Morgan fingerprint density at radius 3 is 3.00 bits per heavy atom. The Balaban J connectivity index is 2.06. The molecule has 120 valence electrons. The van der Waals surface area contributed by atoms with E-state index in [-0.39, 0.29) is 17.7 Å². The van der Waals surface area contributed by atoms with E-state index in [1.165, 1.54) is 4.68 Å². The Morgan fingerprint density at radius 2 is 2.26 bits per heavy atom. The van der Waals surface area contributed by atoms with Crippen LogP contribution in [0.1, 0.15) is 31.9 Å². The molecule has 0 bridgehead atoms. The highest BCUT2D eigenvalue weighted by atomic mass is 16.5. The first kappa shape index (κ1) is 15.0. The summed E-state index contributed by atoms with van der Waals surface area (Å²) in [5, 5.41) is 23.4. The number of anilines is 1. The molecule has 1 aromatic heterocycles. The standard InChI is InChI=1S/C15H17N5O3/c1-3-9(2)23-13-7-5-4-6-10(13)12-8-11(14(21)22)16-15-17-18-19-20(12)15/h4-9,12H,3H2,1-2H3,(H,21,22)(H,16,17,19)/t9-,12-/m0/s1. The van der Waals surface area contributed by atoms with Crippen molar-refractivity contribution in [2.24, 2.45) is 0 Å². The van der Waals surface area contributed by atoms with E-state index in [1.54, 1.807) is 6.08 Å². The molecule has 2 aromatic rings. The van der Waals surface area contributed by atoms with Gasteiger partial charge in [-0.15, -0.1) is 0 Å². The van der Waals surface area contributed by atoms with Crippen molar-refractivity contribution in [3.8, 4) is 5.75 Å². The Morgan fingerprint density at radius 1 is 1.48 bits per heavy atom. The van der Waals surface area contributed by atoms with Gasteiger partial charge in [-0.05, 0) is 35.9 Å². The maximum absolute atomic E-state index is 11.3. The number of para-hydroxylation sites is 1. The molecule has 2 heterocycles. The van der Waals surface area contributed by atoms with E-state index in [0.717, 1.165) is 12.0 Å². The molecule has 0 fully saturated rings. The summed E-state index contributed by atoms with van der Waals surface area (Å²) < 4.78 is 7.49. The van der Waals surface area contributed by atoms with Crippen LogP contribution in [0, 0.1) is 0 Å². The summed E-state index contributed by atoms with van der Waals surface area (Å²) in [5.41, 5.74) is 0.845. The van der Waals surface area contributed by atoms with Crippen LogP contribution in [0.25, 0.3) is 0 Å². The summed E-state index contributed by atoms with van der Waals surface area (Å²) in [4.78, 5) is 11.3. The van der Waals surface area contributed by atoms with E-state index in [4.69, 9.17) is 4.74 Å². The van der Waals surface area contributed by atoms with Crippen LogP contribution in [0.4, 0.5) is 5.95 Å². The quantitative estimate of drug-likeness (QED) is 0.867. The molecular weight excluding hydrogens is 298 g/mol. The van der Waals surface area contributed by atoms with Gasteiger partial charge in [0.25, 0.3) is 0 Å². The predicted molar refractivity (Wildman–Crippen MR) is 82.1 cm³/mol. The molecule has 0 amide bonds. The summed E-state index contributed by atoms with van der Waals surface area (Å²) in [5.74, 6) is -0.0889. The van der Waals surface area contributed by atoms with E-state index in [9.17, 15) is 9.90 Å².